The third kappa shape index (κ3) is 0.906. The Bertz CT molecular complexity index is 579. The van der Waals surface area contributed by atoms with Gasteiger partial charge in [0.2, 0.25) is 0 Å². The van der Waals surface area contributed by atoms with Gasteiger partial charge in [0.05, 0.1) is 16.0 Å². The summed E-state index contributed by atoms with van der Waals surface area (Å²) in [6, 6.07) is 6.13. The molecule has 0 atom stereocenters. The summed E-state index contributed by atoms with van der Waals surface area (Å²) in [6.07, 6.45) is 1.71. The summed E-state index contributed by atoms with van der Waals surface area (Å²) < 4.78 is 6.58. The van der Waals surface area contributed by atoms with Crippen LogP contribution in [-0.2, 0) is 0 Å². The van der Waals surface area contributed by atoms with Crippen LogP contribution in [0.3, 0.4) is 0 Å². The molecule has 0 bridgehead atoms. The number of fused-ring (bicyclic) bond motifs is 3. The summed E-state index contributed by atoms with van der Waals surface area (Å²) in [5, 5.41) is 2.21. The number of nitrogens with zero attached hydrogens (tertiary/aromatic N) is 1. The van der Waals surface area contributed by atoms with Gasteiger partial charge in [-0.1, -0.05) is 0 Å². The summed E-state index contributed by atoms with van der Waals surface area (Å²) >= 11 is 1.70. The number of hydrogen-bond acceptors (Lipinski definition) is 3. The fourth-order valence-electron chi connectivity index (χ4n) is 1.53. The number of furan rings is 1. The van der Waals surface area contributed by atoms with Crippen molar-refractivity contribution in [3.8, 4) is 0 Å². The van der Waals surface area contributed by atoms with Crippen LogP contribution in [0.4, 0.5) is 0 Å². The van der Waals surface area contributed by atoms with Gasteiger partial charge in [-0.05, 0) is 25.1 Å². The molecule has 1 aromatic carbocycles. The Kier molecular flexibility index (Phi) is 1.27. The second kappa shape index (κ2) is 2.33. The minimum Gasteiger partial charge on any atom is -0.462 e. The quantitative estimate of drug-likeness (QED) is 0.542. The lowest BCUT2D eigenvalue weighted by atomic mass is 10.2. The first-order valence-corrected chi connectivity index (χ1v) is 4.89. The van der Waals surface area contributed by atoms with E-state index in [2.05, 4.69) is 17.1 Å². The predicted octanol–water partition coefficient (Wildman–Crippen LogP) is 3.35. The van der Waals surface area contributed by atoms with Gasteiger partial charge in [0.15, 0.2) is 5.58 Å². The highest BCUT2D eigenvalue weighted by Gasteiger charge is 2.06. The first-order chi connectivity index (χ1) is 6.34. The van der Waals surface area contributed by atoms with Crippen molar-refractivity contribution in [2.75, 3.05) is 0 Å². The molecule has 0 amide bonds. The minimum absolute atomic E-state index is 0.904. The van der Waals surface area contributed by atoms with Crippen molar-refractivity contribution in [2.24, 2.45) is 0 Å². The largest absolute Gasteiger partial charge is 0.462 e. The van der Waals surface area contributed by atoms with Gasteiger partial charge in [0, 0.05) is 5.39 Å². The zero-order valence-electron chi connectivity index (χ0n) is 7.07. The lowest BCUT2D eigenvalue weighted by Crippen LogP contribution is -1.69. The van der Waals surface area contributed by atoms with Crippen LogP contribution < -0.4 is 0 Å². The van der Waals surface area contributed by atoms with E-state index in [1.807, 2.05) is 13.0 Å². The van der Waals surface area contributed by atoms with Gasteiger partial charge in [0.1, 0.15) is 5.52 Å². The maximum Gasteiger partial charge on any atom is 0.160 e. The van der Waals surface area contributed by atoms with E-state index in [0.717, 1.165) is 21.5 Å². The molecule has 0 radical (unpaired) electrons. The maximum atomic E-state index is 5.39. The minimum atomic E-state index is 0.904. The number of benzene rings is 1. The summed E-state index contributed by atoms with van der Waals surface area (Å²) in [6.45, 7) is 2.01. The molecule has 0 aliphatic rings. The lowest BCUT2D eigenvalue weighted by molar-refractivity contribution is 0.618. The van der Waals surface area contributed by atoms with Crippen molar-refractivity contribution in [2.45, 2.75) is 6.92 Å². The Balaban J connectivity index is 2.64. The van der Waals surface area contributed by atoms with E-state index in [1.54, 1.807) is 17.6 Å². The Morgan fingerprint density at radius 1 is 1.31 bits per heavy atom. The first-order valence-electron chi connectivity index (χ1n) is 4.08. The number of hydrogen-bond donors (Lipinski definition) is 0. The van der Waals surface area contributed by atoms with Gasteiger partial charge in [-0.15, -0.1) is 11.3 Å². The monoisotopic (exact) mass is 189 g/mol. The zero-order chi connectivity index (χ0) is 8.84. The Labute approximate surface area is 78.8 Å². The molecule has 64 valence electrons. The number of rotatable bonds is 0. The predicted molar refractivity (Wildman–Crippen MR) is 54.1 cm³/mol. The highest BCUT2D eigenvalue weighted by Crippen LogP contribution is 2.29. The van der Waals surface area contributed by atoms with Crippen LogP contribution in [0.1, 0.15) is 5.01 Å². The Hall–Kier alpha value is -1.35. The third-order valence-corrected chi connectivity index (χ3v) is 3.02. The molecule has 0 unspecified atom stereocenters. The highest BCUT2D eigenvalue weighted by atomic mass is 32.1. The Morgan fingerprint density at radius 2 is 2.23 bits per heavy atom. The van der Waals surface area contributed by atoms with Crippen LogP contribution >= 0.6 is 11.3 Å². The number of aromatic nitrogens is 1. The SMILES string of the molecule is Cc1nc2c(ccc3ccoc32)s1. The van der Waals surface area contributed by atoms with E-state index < -0.39 is 0 Å². The van der Waals surface area contributed by atoms with Crippen LogP contribution in [0, 0.1) is 6.92 Å². The van der Waals surface area contributed by atoms with Gasteiger partial charge in [-0.2, -0.15) is 0 Å². The van der Waals surface area contributed by atoms with Crippen LogP contribution in [0.15, 0.2) is 28.9 Å². The molecule has 0 fully saturated rings. The topological polar surface area (TPSA) is 26.0 Å². The lowest BCUT2D eigenvalue weighted by Gasteiger charge is -1.87. The third-order valence-electron chi connectivity index (χ3n) is 2.09. The fraction of sp³-hybridized carbons (Fsp3) is 0.100. The molecule has 0 spiro atoms. The van der Waals surface area contributed by atoms with Gasteiger partial charge >= 0.3 is 0 Å². The van der Waals surface area contributed by atoms with E-state index in [9.17, 15) is 0 Å². The maximum absolute atomic E-state index is 5.39. The zero-order valence-corrected chi connectivity index (χ0v) is 7.89. The Morgan fingerprint density at radius 3 is 3.15 bits per heavy atom. The summed E-state index contributed by atoms with van der Waals surface area (Å²) in [7, 11) is 0. The number of aryl methyl sites for hydroxylation is 1. The normalized spacial score (nSPS) is 11.5. The molecule has 0 N–H and O–H groups in total. The molecule has 3 rings (SSSR count). The average Bonchev–Trinajstić information content (AvgIpc) is 2.65. The van der Waals surface area contributed by atoms with Crippen molar-refractivity contribution < 1.29 is 4.42 Å². The van der Waals surface area contributed by atoms with Crippen molar-refractivity contribution in [1.82, 2.24) is 4.98 Å². The fourth-order valence-corrected chi connectivity index (χ4v) is 2.35. The van der Waals surface area contributed by atoms with E-state index >= 15 is 0 Å². The molecule has 2 aromatic heterocycles. The molecular weight excluding hydrogens is 182 g/mol. The first kappa shape index (κ1) is 7.09. The second-order valence-electron chi connectivity index (χ2n) is 2.98. The molecular formula is C10H7NOS. The molecule has 13 heavy (non-hydrogen) atoms. The molecule has 3 aromatic rings. The summed E-state index contributed by atoms with van der Waals surface area (Å²) in [5.41, 5.74) is 1.90. The van der Waals surface area contributed by atoms with E-state index in [1.165, 1.54) is 4.70 Å². The molecule has 0 aliphatic heterocycles. The van der Waals surface area contributed by atoms with E-state index in [-0.39, 0.29) is 0 Å². The molecule has 3 heteroatoms. The van der Waals surface area contributed by atoms with Crippen molar-refractivity contribution in [1.29, 1.82) is 0 Å². The number of thiazole rings is 1. The summed E-state index contributed by atoms with van der Waals surface area (Å²) in [5.74, 6) is 0. The van der Waals surface area contributed by atoms with Gasteiger partial charge in [-0.25, -0.2) is 4.98 Å². The molecule has 0 saturated carbocycles. The van der Waals surface area contributed by atoms with Gasteiger partial charge in [0.25, 0.3) is 0 Å². The van der Waals surface area contributed by atoms with Crippen LogP contribution in [-0.4, -0.2) is 4.98 Å². The van der Waals surface area contributed by atoms with Crippen LogP contribution in [0.5, 0.6) is 0 Å². The van der Waals surface area contributed by atoms with E-state index in [0.29, 0.717) is 0 Å². The van der Waals surface area contributed by atoms with Gasteiger partial charge in [-0.3, -0.25) is 0 Å². The van der Waals surface area contributed by atoms with Gasteiger partial charge < -0.3 is 4.42 Å². The molecule has 2 heterocycles. The van der Waals surface area contributed by atoms with E-state index in [4.69, 9.17) is 4.42 Å². The highest BCUT2D eigenvalue weighted by molar-refractivity contribution is 7.18. The van der Waals surface area contributed by atoms with Crippen molar-refractivity contribution in [3.63, 3.8) is 0 Å². The smallest absolute Gasteiger partial charge is 0.160 e. The second-order valence-corrected chi connectivity index (χ2v) is 4.22. The average molecular weight is 189 g/mol. The molecule has 0 aliphatic carbocycles. The summed E-state index contributed by atoms with van der Waals surface area (Å²) in [4.78, 5) is 4.44. The van der Waals surface area contributed by atoms with Crippen molar-refractivity contribution in [3.05, 3.63) is 29.5 Å². The molecule has 0 saturated heterocycles. The molecule has 2 nitrogen and oxygen atoms in total. The van der Waals surface area contributed by atoms with Crippen molar-refractivity contribution >= 4 is 32.5 Å². The van der Waals surface area contributed by atoms with Crippen LogP contribution in [0.25, 0.3) is 21.2 Å². The van der Waals surface area contributed by atoms with Crippen LogP contribution in [0.2, 0.25) is 0 Å². The standard InChI is InChI=1S/C10H7NOS/c1-6-11-9-8(13-6)3-2-7-4-5-12-10(7)9/h2-5H,1H3.